The monoisotopic (exact) mass is 480 g/mol. The fourth-order valence-electron chi connectivity index (χ4n) is 3.49. The number of rotatable bonds is 6. The molecule has 168 valence electrons. The van der Waals surface area contributed by atoms with Crippen molar-refractivity contribution in [1.29, 1.82) is 0 Å². The molecule has 0 spiro atoms. The van der Waals surface area contributed by atoms with Crippen molar-refractivity contribution in [3.63, 3.8) is 0 Å². The van der Waals surface area contributed by atoms with E-state index in [1.807, 2.05) is 0 Å². The average Bonchev–Trinajstić information content (AvgIpc) is 2.39. The maximum Gasteiger partial charge on any atom is 0.472 e. The highest BCUT2D eigenvalue weighted by Gasteiger charge is 2.74. The summed E-state index contributed by atoms with van der Waals surface area (Å²) in [7, 11) is -12.1. The number of carbonyl (C=O) groups excluding carboxylic acids is 6. The minimum Gasteiger partial charge on any atom is -0.485 e. The van der Waals surface area contributed by atoms with E-state index in [2.05, 4.69) is 0 Å². The summed E-state index contributed by atoms with van der Waals surface area (Å²) in [5.74, 6) is -4.96. The Morgan fingerprint density at radius 2 is 0.533 bits per heavy atom. The molecule has 0 aliphatic carbocycles. The fourth-order valence-corrected chi connectivity index (χ4v) is 24.9. The normalized spacial score (nSPS) is 18.2. The fraction of sp³-hybridized carbons (Fsp3) is 0.600. The summed E-state index contributed by atoms with van der Waals surface area (Å²) in [5.41, 5.74) is -1.05. The minimum absolute atomic E-state index is 0.352. The Morgan fingerprint density at radius 1 is 0.400 bits per heavy atom. The van der Waals surface area contributed by atoms with Gasteiger partial charge in [0.05, 0.1) is 17.0 Å². The van der Waals surface area contributed by atoms with Gasteiger partial charge in [0, 0.05) is 41.5 Å². The molecule has 1 aliphatic rings. The van der Waals surface area contributed by atoms with Crippen molar-refractivity contribution in [2.45, 2.75) is 58.5 Å². The SMILES string of the molecule is CC(=O)O[Si]1(OC(C)=O)C[Si](OC(C)=O)(OC(C)=O)C[Si](OC(C)=O)(OC(C)=O)C1. The molecule has 0 bridgehead atoms. The van der Waals surface area contributed by atoms with E-state index in [-0.39, 0.29) is 17.0 Å². The van der Waals surface area contributed by atoms with Crippen LogP contribution in [-0.2, 0) is 55.3 Å². The largest absolute Gasteiger partial charge is 0.485 e. The topological polar surface area (TPSA) is 158 Å². The van der Waals surface area contributed by atoms with Gasteiger partial charge in [0.15, 0.2) is 0 Å². The Balaban J connectivity index is 3.75. The lowest BCUT2D eigenvalue weighted by molar-refractivity contribution is -0.139. The molecule has 1 aliphatic heterocycles. The van der Waals surface area contributed by atoms with Crippen LogP contribution in [0.5, 0.6) is 0 Å². The smallest absolute Gasteiger partial charge is 0.472 e. The van der Waals surface area contributed by atoms with Gasteiger partial charge in [0.1, 0.15) is 0 Å². The van der Waals surface area contributed by atoms with Crippen LogP contribution in [0.1, 0.15) is 41.5 Å². The number of hydrogen-bond acceptors (Lipinski definition) is 12. The van der Waals surface area contributed by atoms with Gasteiger partial charge in [-0.2, -0.15) is 0 Å². The highest BCUT2D eigenvalue weighted by molar-refractivity contribution is 7.05. The van der Waals surface area contributed by atoms with E-state index < -0.39 is 61.5 Å². The molecule has 0 radical (unpaired) electrons. The Kier molecular flexibility index (Phi) is 8.09. The molecule has 30 heavy (non-hydrogen) atoms. The van der Waals surface area contributed by atoms with Gasteiger partial charge in [-0.15, -0.1) is 0 Å². The second-order valence-corrected chi connectivity index (χ2v) is 17.8. The van der Waals surface area contributed by atoms with Crippen LogP contribution in [0.15, 0.2) is 0 Å². The Bertz CT molecular complexity index is 604. The summed E-state index contributed by atoms with van der Waals surface area (Å²) in [6, 6.07) is 0. The molecule has 15 heteroatoms. The average molecular weight is 481 g/mol. The molecule has 1 fully saturated rings. The van der Waals surface area contributed by atoms with E-state index in [1.165, 1.54) is 0 Å². The minimum atomic E-state index is -4.03. The maximum absolute atomic E-state index is 11.8. The van der Waals surface area contributed by atoms with Crippen LogP contribution in [0.4, 0.5) is 0 Å². The second kappa shape index (κ2) is 9.52. The molecule has 0 unspecified atom stereocenters. The van der Waals surface area contributed by atoms with Gasteiger partial charge in [-0.05, 0) is 0 Å². The van der Waals surface area contributed by atoms with Crippen LogP contribution in [0.3, 0.4) is 0 Å². The summed E-state index contributed by atoms with van der Waals surface area (Å²) < 4.78 is 32.3. The lowest BCUT2D eigenvalue weighted by atomic mass is 10.9. The zero-order chi connectivity index (χ0) is 23.3. The first-order valence-electron chi connectivity index (χ1n) is 8.80. The van der Waals surface area contributed by atoms with Crippen molar-refractivity contribution >= 4 is 61.5 Å². The van der Waals surface area contributed by atoms with Crippen LogP contribution < -0.4 is 0 Å². The lowest BCUT2D eigenvalue weighted by Crippen LogP contribution is -2.70. The van der Waals surface area contributed by atoms with Gasteiger partial charge >= 0.3 is 25.7 Å². The lowest BCUT2D eigenvalue weighted by Gasteiger charge is -2.45. The van der Waals surface area contributed by atoms with E-state index in [4.69, 9.17) is 26.6 Å². The predicted molar refractivity (Wildman–Crippen MR) is 102 cm³/mol. The number of hydrogen-bond donors (Lipinski definition) is 0. The summed E-state index contributed by atoms with van der Waals surface area (Å²) in [5, 5.41) is 0. The van der Waals surface area contributed by atoms with Crippen molar-refractivity contribution in [1.82, 2.24) is 0 Å². The highest BCUT2D eigenvalue weighted by Crippen LogP contribution is 2.44. The van der Waals surface area contributed by atoms with Crippen LogP contribution in [0.25, 0.3) is 0 Å². The summed E-state index contributed by atoms with van der Waals surface area (Å²) in [4.78, 5) is 71.0. The Labute approximate surface area is 175 Å². The van der Waals surface area contributed by atoms with Crippen LogP contribution in [0.2, 0.25) is 17.0 Å². The first-order chi connectivity index (χ1) is 13.6. The van der Waals surface area contributed by atoms with Crippen LogP contribution in [0, 0.1) is 0 Å². The zero-order valence-electron chi connectivity index (χ0n) is 17.5. The quantitative estimate of drug-likeness (QED) is 0.480. The third-order valence-electron chi connectivity index (χ3n) is 3.59. The molecule has 0 atom stereocenters. The van der Waals surface area contributed by atoms with Crippen LogP contribution >= 0.6 is 0 Å². The van der Waals surface area contributed by atoms with Gasteiger partial charge in [-0.3, -0.25) is 28.8 Å². The molecule has 1 saturated heterocycles. The number of carbonyl (C=O) groups is 6. The van der Waals surface area contributed by atoms with Crippen molar-refractivity contribution in [2.75, 3.05) is 0 Å². The van der Waals surface area contributed by atoms with Crippen LogP contribution in [-0.4, -0.2) is 61.5 Å². The maximum atomic E-state index is 11.8. The zero-order valence-corrected chi connectivity index (χ0v) is 20.5. The van der Waals surface area contributed by atoms with Crippen molar-refractivity contribution in [2.24, 2.45) is 0 Å². The first-order valence-corrected chi connectivity index (χ1v) is 15.5. The Morgan fingerprint density at radius 3 is 0.633 bits per heavy atom. The molecule has 12 nitrogen and oxygen atoms in total. The molecular weight excluding hydrogens is 456 g/mol. The third kappa shape index (κ3) is 7.38. The van der Waals surface area contributed by atoms with E-state index in [1.54, 1.807) is 0 Å². The van der Waals surface area contributed by atoms with Gasteiger partial charge in [-0.25, -0.2) is 0 Å². The van der Waals surface area contributed by atoms with E-state index >= 15 is 0 Å². The molecule has 0 N–H and O–H groups in total. The molecule has 0 amide bonds. The van der Waals surface area contributed by atoms with Gasteiger partial charge < -0.3 is 26.6 Å². The van der Waals surface area contributed by atoms with Gasteiger partial charge in [-0.1, -0.05) is 0 Å². The third-order valence-corrected chi connectivity index (χ3v) is 20.5. The van der Waals surface area contributed by atoms with E-state index in [0.29, 0.717) is 0 Å². The van der Waals surface area contributed by atoms with Crippen molar-refractivity contribution in [3.05, 3.63) is 0 Å². The predicted octanol–water partition coefficient (Wildman–Crippen LogP) is 0.323. The van der Waals surface area contributed by atoms with E-state index in [9.17, 15) is 28.8 Å². The molecular formula is C15H24O12Si3. The second-order valence-electron chi connectivity index (χ2n) is 6.82. The van der Waals surface area contributed by atoms with E-state index in [0.717, 1.165) is 41.5 Å². The summed E-state index contributed by atoms with van der Waals surface area (Å²) >= 11 is 0. The first kappa shape index (κ1) is 25.5. The Hall–Kier alpha value is -2.53. The molecule has 1 heterocycles. The molecule has 0 saturated carbocycles. The highest BCUT2D eigenvalue weighted by atomic mass is 28.5. The molecule has 0 aromatic rings. The van der Waals surface area contributed by atoms with Crippen molar-refractivity contribution < 1.29 is 55.3 Å². The summed E-state index contributed by atoms with van der Waals surface area (Å²) in [6.45, 7) is 6.38. The van der Waals surface area contributed by atoms with Gasteiger partial charge in [0.2, 0.25) is 0 Å². The molecule has 1 rings (SSSR count). The molecule has 0 aromatic heterocycles. The van der Waals surface area contributed by atoms with Gasteiger partial charge in [0.25, 0.3) is 35.8 Å². The standard InChI is InChI=1S/C15H24O12Si3/c1-10(16)22-28(23-11(2)17)7-29(24-12(3)18,25-13(4)19)9-30(8-28,26-14(5)20)27-15(6)21/h7-9H2,1-6H3. The summed E-state index contributed by atoms with van der Waals surface area (Å²) in [6.07, 6.45) is 0. The van der Waals surface area contributed by atoms with Crippen molar-refractivity contribution in [3.8, 4) is 0 Å². The molecule has 0 aromatic carbocycles.